The van der Waals surface area contributed by atoms with Gasteiger partial charge in [-0.3, -0.25) is 4.98 Å². The largest absolute Gasteiger partial charge is 0.488 e. The van der Waals surface area contributed by atoms with E-state index in [0.717, 1.165) is 0 Å². The lowest BCUT2D eigenvalue weighted by atomic mass is 10.1. The van der Waals surface area contributed by atoms with Gasteiger partial charge in [0.2, 0.25) is 10.3 Å². The Hall–Kier alpha value is -4.63. The molecule has 3 heterocycles. The monoisotopic (exact) mass is 735 g/mol. The van der Waals surface area contributed by atoms with Crippen molar-refractivity contribution in [2.45, 2.75) is 26.1 Å². The van der Waals surface area contributed by atoms with Crippen molar-refractivity contribution in [3.8, 4) is 17.0 Å². The molecule has 9 nitrogen and oxygen atoms in total. The summed E-state index contributed by atoms with van der Waals surface area (Å²) in [6, 6.07) is 19.7. The summed E-state index contributed by atoms with van der Waals surface area (Å²) >= 11 is 4.75. The Morgan fingerprint density at radius 2 is 1.89 bits per heavy atom. The highest BCUT2D eigenvalue weighted by Gasteiger charge is 2.19. The number of benzene rings is 3. The third-order valence-corrected chi connectivity index (χ3v) is 9.13. The summed E-state index contributed by atoms with van der Waals surface area (Å²) in [7, 11) is -2.60. The zero-order valence-electron chi connectivity index (χ0n) is 24.5. The summed E-state index contributed by atoms with van der Waals surface area (Å²) in [6.45, 7) is 1.87. The van der Waals surface area contributed by atoms with E-state index in [-0.39, 0.29) is 29.5 Å². The highest BCUT2D eigenvalue weighted by atomic mass is 79.9. The van der Waals surface area contributed by atoms with Crippen molar-refractivity contribution in [2.24, 2.45) is 0 Å². The van der Waals surface area contributed by atoms with Crippen LogP contribution in [0.1, 0.15) is 29.3 Å². The number of thiazole rings is 1. The van der Waals surface area contributed by atoms with E-state index in [1.807, 2.05) is 0 Å². The van der Waals surface area contributed by atoms with E-state index in [1.165, 1.54) is 35.9 Å². The van der Waals surface area contributed by atoms with Crippen molar-refractivity contribution >= 4 is 65.0 Å². The van der Waals surface area contributed by atoms with Gasteiger partial charge < -0.3 is 14.8 Å². The van der Waals surface area contributed by atoms with E-state index >= 15 is 4.39 Å². The summed E-state index contributed by atoms with van der Waals surface area (Å²) in [5.74, 6) is 0.147. The molecule has 14 heteroatoms. The molecular formula is C33H24BrF2N5O4S2. The second-order valence-corrected chi connectivity index (χ2v) is 12.9. The lowest BCUT2D eigenvalue weighted by Crippen LogP contribution is -2.13. The SMILES string of the molecule is CC(OC(Cc1ccccn1)=S(=O)=O)c1nc(-c2cc3c(Nc4ccc(OCc5cccc(F)c5)c(Br)c4)ncnc3cc2F)cs1. The summed E-state index contributed by atoms with van der Waals surface area (Å²) < 4.78 is 64.9. The maximum Gasteiger partial charge on any atom is 0.241 e. The predicted octanol–water partition coefficient (Wildman–Crippen LogP) is 7.84. The first kappa shape index (κ1) is 32.3. The molecule has 1 atom stereocenters. The van der Waals surface area contributed by atoms with Crippen LogP contribution in [0.2, 0.25) is 0 Å². The molecule has 0 bridgehead atoms. The number of ether oxygens (including phenoxy) is 2. The maximum absolute atomic E-state index is 15.4. The normalized spacial score (nSPS) is 11.7. The van der Waals surface area contributed by atoms with E-state index in [1.54, 1.807) is 73.1 Å². The van der Waals surface area contributed by atoms with Crippen LogP contribution in [0.15, 0.2) is 95.2 Å². The molecule has 0 amide bonds. The Bertz CT molecular complexity index is 2210. The van der Waals surface area contributed by atoms with Crippen LogP contribution in [0.25, 0.3) is 22.2 Å². The van der Waals surface area contributed by atoms with Crippen molar-refractivity contribution in [1.29, 1.82) is 0 Å². The molecule has 0 saturated carbocycles. The number of hydrogen-bond acceptors (Lipinski definition) is 10. The fourth-order valence-corrected chi connectivity index (χ4v) is 6.41. The van der Waals surface area contributed by atoms with Gasteiger partial charge in [-0.05, 0) is 76.9 Å². The first-order valence-electron chi connectivity index (χ1n) is 14.1. The first-order chi connectivity index (χ1) is 22.7. The van der Waals surface area contributed by atoms with Gasteiger partial charge in [-0.15, -0.1) is 11.3 Å². The standard InChI is InChI=1S/C33H24BrF2N5O4S2/c1-19(45-31(47(42)43)13-22-7-2-3-10-37-22)33-41-29(17-46-33)24-14-25-28(15-27(24)36)38-18-39-32(25)40-23-8-9-30(26(34)12-23)44-16-20-5-4-6-21(35)11-20/h2-12,14-15,17-19H,13,16H2,1H3,(H,38,39,40). The fraction of sp³-hybridized carbons (Fsp3) is 0.121. The Morgan fingerprint density at radius 3 is 2.66 bits per heavy atom. The molecule has 6 rings (SSSR count). The minimum absolute atomic E-state index is 0.00413. The lowest BCUT2D eigenvalue weighted by Gasteiger charge is -2.13. The number of hydrogen-bond donors (Lipinski definition) is 1. The molecule has 0 radical (unpaired) electrons. The Labute approximate surface area is 282 Å². The summed E-state index contributed by atoms with van der Waals surface area (Å²) in [5.41, 5.74) is 2.88. The van der Waals surface area contributed by atoms with Gasteiger partial charge in [0, 0.05) is 40.0 Å². The molecule has 0 aliphatic heterocycles. The smallest absolute Gasteiger partial charge is 0.241 e. The van der Waals surface area contributed by atoms with Crippen molar-refractivity contribution < 1.29 is 26.7 Å². The predicted molar refractivity (Wildman–Crippen MR) is 180 cm³/mol. The molecule has 0 aliphatic carbocycles. The van der Waals surface area contributed by atoms with Crippen LogP contribution in [0.5, 0.6) is 5.75 Å². The van der Waals surface area contributed by atoms with Crippen LogP contribution < -0.4 is 10.1 Å². The number of aromatic nitrogens is 4. The van der Waals surface area contributed by atoms with Crippen LogP contribution in [0.3, 0.4) is 0 Å². The van der Waals surface area contributed by atoms with Crippen LogP contribution in [0.4, 0.5) is 20.3 Å². The molecule has 0 aliphatic rings. The number of rotatable bonds is 10. The second-order valence-electron chi connectivity index (χ2n) is 10.2. The number of pyridine rings is 1. The third kappa shape index (κ3) is 7.85. The quantitative estimate of drug-likeness (QED) is 0.141. The molecule has 0 fully saturated rings. The van der Waals surface area contributed by atoms with Crippen molar-refractivity contribution in [2.75, 3.05) is 5.32 Å². The van der Waals surface area contributed by atoms with Crippen LogP contribution >= 0.6 is 27.3 Å². The summed E-state index contributed by atoms with van der Waals surface area (Å²) in [6.07, 6.45) is 2.20. The topological polar surface area (TPSA) is 116 Å². The average Bonchev–Trinajstić information content (AvgIpc) is 3.55. The molecule has 1 N–H and O–H groups in total. The van der Waals surface area contributed by atoms with Gasteiger partial charge in [-0.25, -0.2) is 23.7 Å². The van der Waals surface area contributed by atoms with Crippen LogP contribution in [-0.4, -0.2) is 33.4 Å². The Kier molecular flexibility index (Phi) is 9.92. The molecule has 3 aromatic heterocycles. The molecule has 6 aromatic rings. The van der Waals surface area contributed by atoms with Crippen LogP contribution in [-0.2, 0) is 28.1 Å². The minimum atomic E-state index is -2.60. The third-order valence-electron chi connectivity index (χ3n) is 6.89. The zero-order valence-corrected chi connectivity index (χ0v) is 27.7. The minimum Gasteiger partial charge on any atom is -0.488 e. The van der Waals surface area contributed by atoms with Crippen LogP contribution in [0, 0.1) is 11.6 Å². The molecule has 1 unspecified atom stereocenters. The average molecular weight is 737 g/mol. The Morgan fingerprint density at radius 1 is 1.02 bits per heavy atom. The van der Waals surface area contributed by atoms with Gasteiger partial charge in [-0.1, -0.05) is 18.2 Å². The van der Waals surface area contributed by atoms with Gasteiger partial charge in [0.25, 0.3) is 0 Å². The fourth-order valence-electron chi connectivity index (χ4n) is 4.63. The van der Waals surface area contributed by atoms with E-state index < -0.39 is 22.2 Å². The van der Waals surface area contributed by atoms with Gasteiger partial charge in [0.05, 0.1) is 22.1 Å². The Balaban J connectivity index is 1.21. The maximum atomic E-state index is 15.4. The van der Waals surface area contributed by atoms with E-state index in [0.29, 0.717) is 54.6 Å². The number of fused-ring (bicyclic) bond motifs is 1. The number of nitrogens with one attached hydrogen (secondary N) is 1. The molecule has 0 spiro atoms. The van der Waals surface area contributed by atoms with Gasteiger partial charge >= 0.3 is 0 Å². The highest BCUT2D eigenvalue weighted by Crippen LogP contribution is 2.35. The van der Waals surface area contributed by atoms with Gasteiger partial charge in [0.15, 0.2) is 5.05 Å². The lowest BCUT2D eigenvalue weighted by molar-refractivity contribution is 0.213. The number of anilines is 2. The highest BCUT2D eigenvalue weighted by molar-refractivity contribution is 9.10. The number of halogens is 3. The molecule has 47 heavy (non-hydrogen) atoms. The van der Waals surface area contributed by atoms with Gasteiger partial charge in [0.1, 0.15) is 47.2 Å². The second kappa shape index (κ2) is 14.4. The van der Waals surface area contributed by atoms with E-state index in [2.05, 4.69) is 41.2 Å². The van der Waals surface area contributed by atoms with E-state index in [9.17, 15) is 12.8 Å². The molecule has 0 saturated heterocycles. The van der Waals surface area contributed by atoms with E-state index in [4.69, 9.17) is 9.47 Å². The molecule has 238 valence electrons. The molecule has 3 aromatic carbocycles. The first-order valence-corrected chi connectivity index (χ1v) is 16.8. The number of nitrogens with zero attached hydrogens (tertiary/aromatic N) is 4. The summed E-state index contributed by atoms with van der Waals surface area (Å²) in [5, 5.41) is 5.79. The zero-order chi connectivity index (χ0) is 32.9. The van der Waals surface area contributed by atoms with Crippen molar-refractivity contribution in [1.82, 2.24) is 19.9 Å². The molecular weight excluding hydrogens is 712 g/mol. The van der Waals surface area contributed by atoms with Crippen molar-refractivity contribution in [3.05, 3.63) is 123 Å². The van der Waals surface area contributed by atoms with Gasteiger partial charge in [-0.2, -0.15) is 8.42 Å². The summed E-state index contributed by atoms with van der Waals surface area (Å²) in [4.78, 5) is 17.4. The van der Waals surface area contributed by atoms with Crippen molar-refractivity contribution in [3.63, 3.8) is 0 Å².